The first-order valence-corrected chi connectivity index (χ1v) is 10.8. The summed E-state index contributed by atoms with van der Waals surface area (Å²) < 4.78 is 25.4. The predicted molar refractivity (Wildman–Crippen MR) is 110 cm³/mol. The van der Waals surface area contributed by atoms with Crippen molar-refractivity contribution < 1.29 is 8.42 Å². The number of nitrogens with zero attached hydrogens (tertiary/aromatic N) is 2. The van der Waals surface area contributed by atoms with Gasteiger partial charge in [-0.05, 0) is 31.0 Å². The van der Waals surface area contributed by atoms with Gasteiger partial charge in [0.15, 0.2) is 5.96 Å². The van der Waals surface area contributed by atoms with Crippen LogP contribution in [0.1, 0.15) is 17.5 Å². The molecule has 1 fully saturated rings. The van der Waals surface area contributed by atoms with E-state index in [1.807, 2.05) is 30.3 Å². The summed E-state index contributed by atoms with van der Waals surface area (Å²) in [5, 5.41) is 6.52. The Hall–Kier alpha value is -2.38. The van der Waals surface area contributed by atoms with Crippen LogP contribution in [0.3, 0.4) is 0 Å². The van der Waals surface area contributed by atoms with Gasteiger partial charge in [0.2, 0.25) is 10.0 Å². The smallest absolute Gasteiger partial charge is 0.214 e. The molecule has 1 saturated heterocycles. The lowest BCUT2D eigenvalue weighted by molar-refractivity contribution is 0.446. The summed E-state index contributed by atoms with van der Waals surface area (Å²) in [6, 6.07) is 18.1. The molecule has 1 aliphatic rings. The van der Waals surface area contributed by atoms with E-state index in [0.29, 0.717) is 38.6 Å². The Morgan fingerprint density at radius 2 is 1.85 bits per heavy atom. The minimum absolute atomic E-state index is 0.254. The molecule has 7 heteroatoms. The van der Waals surface area contributed by atoms with Gasteiger partial charge in [-0.3, -0.25) is 0 Å². The van der Waals surface area contributed by atoms with Crippen LogP contribution in [0.4, 0.5) is 5.69 Å². The highest BCUT2D eigenvalue weighted by Gasteiger charge is 2.27. The molecule has 0 radical (unpaired) electrons. The number of rotatable bonds is 6. The van der Waals surface area contributed by atoms with Gasteiger partial charge in [0.05, 0.1) is 12.3 Å². The van der Waals surface area contributed by atoms with Crippen LogP contribution in [-0.2, 0) is 16.6 Å². The van der Waals surface area contributed by atoms with Crippen molar-refractivity contribution in [3.05, 3.63) is 65.7 Å². The molecule has 0 atom stereocenters. The predicted octanol–water partition coefficient (Wildman–Crippen LogP) is 2.59. The maximum absolute atomic E-state index is 11.9. The van der Waals surface area contributed by atoms with Gasteiger partial charge < -0.3 is 10.6 Å². The van der Waals surface area contributed by atoms with Crippen molar-refractivity contribution in [2.45, 2.75) is 19.9 Å². The molecule has 2 aromatic rings. The van der Waals surface area contributed by atoms with E-state index in [-0.39, 0.29) is 5.75 Å². The van der Waals surface area contributed by atoms with Gasteiger partial charge in [-0.2, -0.15) is 0 Å². The highest BCUT2D eigenvalue weighted by atomic mass is 32.2. The monoisotopic (exact) mass is 386 g/mol. The lowest BCUT2D eigenvalue weighted by atomic mass is 10.1. The average Bonchev–Trinajstić information content (AvgIpc) is 3.00. The Kier molecular flexibility index (Phi) is 6.47. The van der Waals surface area contributed by atoms with E-state index in [0.717, 1.165) is 11.3 Å². The molecule has 0 bridgehead atoms. The van der Waals surface area contributed by atoms with Crippen molar-refractivity contribution in [1.29, 1.82) is 0 Å². The van der Waals surface area contributed by atoms with Gasteiger partial charge in [-0.25, -0.2) is 17.7 Å². The molecule has 3 rings (SSSR count). The van der Waals surface area contributed by atoms with Crippen molar-refractivity contribution in [1.82, 2.24) is 9.62 Å². The fourth-order valence-electron chi connectivity index (χ4n) is 2.90. The van der Waals surface area contributed by atoms with E-state index in [2.05, 4.69) is 46.8 Å². The van der Waals surface area contributed by atoms with Crippen LogP contribution in [0, 0.1) is 6.92 Å². The maximum Gasteiger partial charge on any atom is 0.214 e. The summed E-state index contributed by atoms with van der Waals surface area (Å²) >= 11 is 0. The van der Waals surface area contributed by atoms with Crippen LogP contribution < -0.4 is 10.6 Å². The van der Waals surface area contributed by atoms with Crippen LogP contribution in [-0.4, -0.2) is 44.1 Å². The standard InChI is InChI=1S/C20H26N4O2S/c1-17-8-10-18(11-9-17)16-22-20(23-19-6-3-2-4-7-19)21-12-14-24-13-5-15-27(24,25)26/h2-4,6-11H,5,12-16H2,1H3,(H2,21,22,23). The van der Waals surface area contributed by atoms with E-state index in [1.165, 1.54) is 5.56 Å². The first-order chi connectivity index (χ1) is 13.0. The summed E-state index contributed by atoms with van der Waals surface area (Å²) in [4.78, 5) is 4.65. The van der Waals surface area contributed by atoms with Gasteiger partial charge in [0, 0.05) is 25.3 Å². The maximum atomic E-state index is 11.9. The highest BCUT2D eigenvalue weighted by Crippen LogP contribution is 2.12. The molecule has 0 spiro atoms. The van der Waals surface area contributed by atoms with E-state index in [9.17, 15) is 8.42 Å². The highest BCUT2D eigenvalue weighted by molar-refractivity contribution is 7.89. The molecular weight excluding hydrogens is 360 g/mol. The summed E-state index contributed by atoms with van der Waals surface area (Å²) in [7, 11) is -3.07. The molecule has 0 aliphatic carbocycles. The quantitative estimate of drug-likeness (QED) is 0.591. The van der Waals surface area contributed by atoms with Crippen LogP contribution in [0.25, 0.3) is 0 Å². The summed E-state index contributed by atoms with van der Waals surface area (Å²) in [6.45, 7) is 4.16. The minimum Gasteiger partial charge on any atom is -0.355 e. The molecule has 2 N–H and O–H groups in total. The second-order valence-electron chi connectivity index (χ2n) is 6.64. The Morgan fingerprint density at radius 1 is 1.11 bits per heavy atom. The first-order valence-electron chi connectivity index (χ1n) is 9.17. The topological polar surface area (TPSA) is 73.8 Å². The SMILES string of the molecule is Cc1ccc(CN=C(NCCN2CCCS2(=O)=O)Nc2ccccc2)cc1. The van der Waals surface area contributed by atoms with Crippen molar-refractivity contribution in [3.63, 3.8) is 0 Å². The number of sulfonamides is 1. The molecule has 27 heavy (non-hydrogen) atoms. The van der Waals surface area contributed by atoms with Crippen molar-refractivity contribution in [2.75, 3.05) is 30.7 Å². The van der Waals surface area contributed by atoms with Gasteiger partial charge in [-0.15, -0.1) is 0 Å². The van der Waals surface area contributed by atoms with E-state index < -0.39 is 10.0 Å². The zero-order valence-electron chi connectivity index (χ0n) is 15.6. The fraction of sp³-hybridized carbons (Fsp3) is 0.350. The zero-order valence-corrected chi connectivity index (χ0v) is 16.4. The Morgan fingerprint density at radius 3 is 2.52 bits per heavy atom. The summed E-state index contributed by atoms with van der Waals surface area (Å²) in [6.07, 6.45) is 0.707. The van der Waals surface area contributed by atoms with E-state index >= 15 is 0 Å². The molecule has 0 amide bonds. The molecule has 0 saturated carbocycles. The number of hydrogen-bond acceptors (Lipinski definition) is 3. The molecule has 2 aromatic carbocycles. The lowest BCUT2D eigenvalue weighted by Gasteiger charge is -2.17. The summed E-state index contributed by atoms with van der Waals surface area (Å²) in [5.74, 6) is 0.891. The third-order valence-corrected chi connectivity index (χ3v) is 6.39. The first kappa shape index (κ1) is 19.4. The van der Waals surface area contributed by atoms with Crippen molar-refractivity contribution in [3.8, 4) is 0 Å². The largest absolute Gasteiger partial charge is 0.355 e. The van der Waals surface area contributed by atoms with E-state index in [4.69, 9.17) is 0 Å². The number of aliphatic imine (C=N–C) groups is 1. The van der Waals surface area contributed by atoms with Crippen molar-refractivity contribution in [2.24, 2.45) is 4.99 Å². The van der Waals surface area contributed by atoms with E-state index in [1.54, 1.807) is 4.31 Å². The summed E-state index contributed by atoms with van der Waals surface area (Å²) in [5.41, 5.74) is 3.27. The normalized spacial score (nSPS) is 17.0. The number of aryl methyl sites for hydroxylation is 1. The fourth-order valence-corrected chi connectivity index (χ4v) is 4.43. The zero-order chi connectivity index (χ0) is 19.1. The number of para-hydroxylation sites is 1. The number of benzene rings is 2. The number of guanidine groups is 1. The van der Waals surface area contributed by atoms with Crippen molar-refractivity contribution >= 4 is 21.7 Å². The van der Waals surface area contributed by atoms with Gasteiger partial charge in [0.25, 0.3) is 0 Å². The molecule has 0 aromatic heterocycles. The third-order valence-electron chi connectivity index (χ3n) is 4.43. The molecule has 144 valence electrons. The molecule has 1 heterocycles. The van der Waals surface area contributed by atoms with Crippen LogP contribution in [0.15, 0.2) is 59.6 Å². The van der Waals surface area contributed by atoms with Gasteiger partial charge in [0.1, 0.15) is 0 Å². The Balaban J connectivity index is 1.63. The number of anilines is 1. The molecule has 6 nitrogen and oxygen atoms in total. The average molecular weight is 387 g/mol. The lowest BCUT2D eigenvalue weighted by Crippen LogP contribution is -2.38. The van der Waals surface area contributed by atoms with Gasteiger partial charge in [-0.1, -0.05) is 48.0 Å². The van der Waals surface area contributed by atoms with Gasteiger partial charge >= 0.3 is 0 Å². The number of nitrogens with one attached hydrogen (secondary N) is 2. The van der Waals surface area contributed by atoms with Crippen LogP contribution >= 0.6 is 0 Å². The Bertz CT molecular complexity index is 865. The third kappa shape index (κ3) is 5.80. The second-order valence-corrected chi connectivity index (χ2v) is 8.73. The van der Waals surface area contributed by atoms with Crippen LogP contribution in [0.5, 0.6) is 0 Å². The molecule has 0 unspecified atom stereocenters. The molecule has 1 aliphatic heterocycles. The molecular formula is C20H26N4O2S. The number of hydrogen-bond donors (Lipinski definition) is 2. The Labute approximate surface area is 161 Å². The minimum atomic E-state index is -3.07. The second kappa shape index (κ2) is 9.01. The van der Waals surface area contributed by atoms with Crippen LogP contribution in [0.2, 0.25) is 0 Å².